The van der Waals surface area contributed by atoms with Gasteiger partial charge in [-0.15, -0.1) is 0 Å². The maximum absolute atomic E-state index is 6.23. The Hall–Kier alpha value is -3.41. The first-order valence-corrected chi connectivity index (χ1v) is 8.69. The van der Waals surface area contributed by atoms with Crippen LogP contribution >= 0.6 is 0 Å². The summed E-state index contributed by atoms with van der Waals surface area (Å²) in [4.78, 5) is 9.04. The van der Waals surface area contributed by atoms with Gasteiger partial charge in [0.25, 0.3) is 0 Å². The summed E-state index contributed by atoms with van der Waals surface area (Å²) in [7, 11) is 0. The Morgan fingerprint density at radius 1 is 1.04 bits per heavy atom. The zero-order valence-electron chi connectivity index (χ0n) is 14.1. The molecule has 0 radical (unpaired) electrons. The van der Waals surface area contributed by atoms with E-state index in [0.29, 0.717) is 17.7 Å². The molecule has 0 aliphatic heterocycles. The Labute approximate surface area is 150 Å². The molecule has 26 heavy (non-hydrogen) atoms. The number of aromatic nitrogens is 4. The van der Waals surface area contributed by atoms with E-state index in [-0.39, 0.29) is 0 Å². The van der Waals surface area contributed by atoms with Gasteiger partial charge in [0.1, 0.15) is 0 Å². The summed E-state index contributed by atoms with van der Waals surface area (Å²) in [6.45, 7) is 0. The minimum atomic E-state index is 0.539. The molecule has 0 saturated heterocycles. The van der Waals surface area contributed by atoms with Crippen LogP contribution in [0.15, 0.2) is 61.1 Å². The number of rotatable bonds is 4. The van der Waals surface area contributed by atoms with Crippen molar-refractivity contribution in [3.8, 4) is 11.1 Å². The van der Waals surface area contributed by atoms with Gasteiger partial charge >= 0.3 is 0 Å². The van der Waals surface area contributed by atoms with Crippen LogP contribution in [-0.2, 0) is 0 Å². The molecule has 5 rings (SSSR count). The van der Waals surface area contributed by atoms with Crippen molar-refractivity contribution in [1.82, 2.24) is 19.7 Å². The van der Waals surface area contributed by atoms with Gasteiger partial charge in [-0.1, -0.05) is 30.3 Å². The smallest absolute Gasteiger partial charge is 0.227 e. The fraction of sp³-hybridized carbons (Fsp3) is 0.150. The van der Waals surface area contributed by atoms with Gasteiger partial charge in [-0.25, -0.2) is 9.97 Å². The highest BCUT2D eigenvalue weighted by Crippen LogP contribution is 2.35. The summed E-state index contributed by atoms with van der Waals surface area (Å²) >= 11 is 0. The van der Waals surface area contributed by atoms with Gasteiger partial charge in [-0.2, -0.15) is 5.10 Å². The quantitative estimate of drug-likeness (QED) is 0.544. The summed E-state index contributed by atoms with van der Waals surface area (Å²) < 4.78 is 1.99. The third-order valence-electron chi connectivity index (χ3n) is 4.62. The first kappa shape index (κ1) is 14.9. The van der Waals surface area contributed by atoms with Crippen molar-refractivity contribution in [1.29, 1.82) is 0 Å². The predicted octanol–water partition coefficient (Wildman–Crippen LogP) is 4.15. The largest absolute Gasteiger partial charge is 0.398 e. The van der Waals surface area contributed by atoms with Crippen LogP contribution in [0.25, 0.3) is 22.0 Å². The van der Waals surface area contributed by atoms with Crippen molar-refractivity contribution in [2.24, 2.45) is 0 Å². The third kappa shape index (κ3) is 2.75. The number of hydrogen-bond donors (Lipinski definition) is 2. The number of nitrogens with two attached hydrogens (primary N) is 1. The van der Waals surface area contributed by atoms with Crippen LogP contribution in [0.3, 0.4) is 0 Å². The van der Waals surface area contributed by atoms with E-state index in [1.54, 1.807) is 12.4 Å². The van der Waals surface area contributed by atoms with E-state index in [2.05, 4.69) is 32.5 Å². The topological polar surface area (TPSA) is 81.6 Å². The number of nitrogens with zero attached hydrogens (tertiary/aromatic N) is 4. The second-order valence-corrected chi connectivity index (χ2v) is 6.62. The van der Waals surface area contributed by atoms with Crippen LogP contribution in [0.5, 0.6) is 0 Å². The molecule has 0 spiro atoms. The molecule has 0 bridgehead atoms. The van der Waals surface area contributed by atoms with Gasteiger partial charge in [0.2, 0.25) is 5.95 Å². The maximum atomic E-state index is 6.23. The zero-order chi connectivity index (χ0) is 17.5. The highest BCUT2D eigenvalue weighted by atomic mass is 15.3. The lowest BCUT2D eigenvalue weighted by molar-refractivity contribution is 0.642. The van der Waals surface area contributed by atoms with E-state index in [1.807, 2.05) is 41.2 Å². The van der Waals surface area contributed by atoms with Crippen molar-refractivity contribution in [3.63, 3.8) is 0 Å². The van der Waals surface area contributed by atoms with E-state index in [9.17, 15) is 0 Å². The Morgan fingerprint density at radius 3 is 2.69 bits per heavy atom. The fourth-order valence-electron chi connectivity index (χ4n) is 3.09. The lowest BCUT2D eigenvalue weighted by Gasteiger charge is -2.08. The molecule has 2 aromatic carbocycles. The summed E-state index contributed by atoms with van der Waals surface area (Å²) in [5.74, 6) is 0.539. The average molecular weight is 342 g/mol. The molecule has 1 saturated carbocycles. The van der Waals surface area contributed by atoms with E-state index in [0.717, 1.165) is 27.7 Å². The van der Waals surface area contributed by atoms with Crippen molar-refractivity contribution in [2.75, 3.05) is 11.1 Å². The van der Waals surface area contributed by atoms with Crippen molar-refractivity contribution >= 4 is 28.2 Å². The van der Waals surface area contributed by atoms with E-state index in [1.165, 1.54) is 12.8 Å². The molecule has 4 aromatic rings. The molecule has 3 N–H and O–H groups in total. The van der Waals surface area contributed by atoms with Crippen LogP contribution in [-0.4, -0.2) is 19.7 Å². The Kier molecular flexibility index (Phi) is 3.35. The number of hydrogen-bond acceptors (Lipinski definition) is 5. The molecule has 2 aromatic heterocycles. The Balaban J connectivity index is 1.50. The first-order valence-electron chi connectivity index (χ1n) is 8.69. The molecule has 0 atom stereocenters. The van der Waals surface area contributed by atoms with Gasteiger partial charge in [-0.3, -0.25) is 4.68 Å². The summed E-state index contributed by atoms with van der Waals surface area (Å²) in [5, 5.41) is 8.47. The number of nitrogens with one attached hydrogen (secondary N) is 1. The zero-order valence-corrected chi connectivity index (χ0v) is 14.1. The highest BCUT2D eigenvalue weighted by Gasteiger charge is 2.24. The second kappa shape index (κ2) is 5.84. The minimum Gasteiger partial charge on any atom is -0.398 e. The maximum Gasteiger partial charge on any atom is 0.227 e. The monoisotopic (exact) mass is 342 g/mol. The first-order chi connectivity index (χ1) is 12.8. The molecule has 6 heteroatoms. The molecule has 1 fully saturated rings. The summed E-state index contributed by atoms with van der Waals surface area (Å²) in [6, 6.07) is 14.7. The molecular formula is C20H18N6. The van der Waals surface area contributed by atoms with Crippen LogP contribution in [0.2, 0.25) is 0 Å². The van der Waals surface area contributed by atoms with Crippen molar-refractivity contribution in [2.45, 2.75) is 18.9 Å². The second-order valence-electron chi connectivity index (χ2n) is 6.62. The number of nitrogen functional groups attached to an aromatic ring is 1. The number of anilines is 3. The Morgan fingerprint density at radius 2 is 1.88 bits per heavy atom. The minimum absolute atomic E-state index is 0.539. The number of benzene rings is 2. The van der Waals surface area contributed by atoms with Gasteiger partial charge in [0.15, 0.2) is 0 Å². The lowest BCUT2D eigenvalue weighted by Crippen LogP contribution is -1.98. The van der Waals surface area contributed by atoms with E-state index < -0.39 is 0 Å². The molecule has 128 valence electrons. The predicted molar refractivity (Wildman–Crippen MR) is 103 cm³/mol. The van der Waals surface area contributed by atoms with Crippen LogP contribution in [0.1, 0.15) is 18.9 Å². The third-order valence-corrected chi connectivity index (χ3v) is 4.62. The molecule has 1 aliphatic carbocycles. The molecule has 0 unspecified atom stereocenters. The fourth-order valence-corrected chi connectivity index (χ4v) is 3.09. The SMILES string of the molecule is Nc1cc(-c2ccccc2)cc2nc(Nc3cnn(C4CC4)c3)ncc12. The average Bonchev–Trinajstić information content (AvgIpc) is 3.42. The van der Waals surface area contributed by atoms with E-state index in [4.69, 9.17) is 5.73 Å². The van der Waals surface area contributed by atoms with Crippen LogP contribution < -0.4 is 11.1 Å². The van der Waals surface area contributed by atoms with E-state index >= 15 is 0 Å². The van der Waals surface area contributed by atoms with Crippen LogP contribution in [0.4, 0.5) is 17.3 Å². The molecular weight excluding hydrogens is 324 g/mol. The standard InChI is InChI=1S/C20H18N6/c21-18-8-14(13-4-2-1-3-5-13)9-19-17(18)11-22-20(25-19)24-15-10-23-26(12-15)16-6-7-16/h1-5,8-12,16H,6-7,21H2,(H,22,24,25). The van der Waals surface area contributed by atoms with Gasteiger partial charge in [0.05, 0.1) is 23.4 Å². The lowest BCUT2D eigenvalue weighted by atomic mass is 10.0. The molecule has 2 heterocycles. The Bertz CT molecular complexity index is 1080. The normalized spacial score (nSPS) is 13.8. The van der Waals surface area contributed by atoms with Gasteiger partial charge < -0.3 is 11.1 Å². The number of fused-ring (bicyclic) bond motifs is 1. The summed E-state index contributed by atoms with van der Waals surface area (Å²) in [6.07, 6.45) is 7.98. The molecule has 1 aliphatic rings. The van der Waals surface area contributed by atoms with Gasteiger partial charge in [-0.05, 0) is 36.1 Å². The van der Waals surface area contributed by atoms with Crippen molar-refractivity contribution in [3.05, 3.63) is 61.1 Å². The molecule has 0 amide bonds. The van der Waals surface area contributed by atoms with Crippen LogP contribution in [0, 0.1) is 0 Å². The summed E-state index contributed by atoms with van der Waals surface area (Å²) in [5.41, 5.74) is 10.8. The molecule has 6 nitrogen and oxygen atoms in total. The van der Waals surface area contributed by atoms with Gasteiger partial charge in [0, 0.05) is 23.5 Å². The van der Waals surface area contributed by atoms with Crippen molar-refractivity contribution < 1.29 is 0 Å². The highest BCUT2D eigenvalue weighted by molar-refractivity contribution is 5.94.